The van der Waals surface area contributed by atoms with Gasteiger partial charge in [-0.1, -0.05) is 28.9 Å². The van der Waals surface area contributed by atoms with Gasteiger partial charge < -0.3 is 10.3 Å². The molecule has 0 saturated carbocycles. The Hall–Kier alpha value is -1.32. The second-order valence-electron chi connectivity index (χ2n) is 3.62. The monoisotopic (exact) mass is 236 g/mol. The molecule has 2 aromatic rings. The first kappa shape index (κ1) is 11.2. The van der Waals surface area contributed by atoms with Gasteiger partial charge in [0, 0.05) is 16.1 Å². The van der Waals surface area contributed by atoms with Crippen molar-refractivity contribution in [3.63, 3.8) is 0 Å². The van der Waals surface area contributed by atoms with Crippen molar-refractivity contribution in [2.45, 2.75) is 13.3 Å². The molecule has 0 bridgehead atoms. The second-order valence-corrected chi connectivity index (χ2v) is 4.06. The van der Waals surface area contributed by atoms with Crippen molar-refractivity contribution in [3.05, 3.63) is 40.5 Å². The maximum absolute atomic E-state index is 5.94. The van der Waals surface area contributed by atoms with Crippen LogP contribution in [0, 0.1) is 6.92 Å². The molecule has 1 aromatic carbocycles. The molecule has 0 radical (unpaired) electrons. The minimum atomic E-state index is 0.579. The van der Waals surface area contributed by atoms with Gasteiger partial charge in [0.15, 0.2) is 5.76 Å². The topological polar surface area (TPSA) is 52.0 Å². The SMILES string of the molecule is Cc1noc(-c2cccc(Cl)c2)c1CCN. The van der Waals surface area contributed by atoms with Gasteiger partial charge in [-0.3, -0.25) is 0 Å². The summed E-state index contributed by atoms with van der Waals surface area (Å²) in [7, 11) is 0. The van der Waals surface area contributed by atoms with Crippen molar-refractivity contribution < 1.29 is 4.52 Å². The zero-order chi connectivity index (χ0) is 11.5. The van der Waals surface area contributed by atoms with E-state index in [9.17, 15) is 0 Å². The van der Waals surface area contributed by atoms with Gasteiger partial charge in [0.2, 0.25) is 0 Å². The highest BCUT2D eigenvalue weighted by molar-refractivity contribution is 6.30. The fourth-order valence-electron chi connectivity index (χ4n) is 1.68. The number of aromatic nitrogens is 1. The summed E-state index contributed by atoms with van der Waals surface area (Å²) >= 11 is 5.94. The minimum absolute atomic E-state index is 0.579. The number of hydrogen-bond acceptors (Lipinski definition) is 3. The zero-order valence-corrected chi connectivity index (χ0v) is 9.79. The molecule has 16 heavy (non-hydrogen) atoms. The summed E-state index contributed by atoms with van der Waals surface area (Å²) in [5.41, 5.74) is 8.46. The zero-order valence-electron chi connectivity index (χ0n) is 9.03. The lowest BCUT2D eigenvalue weighted by Gasteiger charge is -2.01. The van der Waals surface area contributed by atoms with Gasteiger partial charge in [0.25, 0.3) is 0 Å². The van der Waals surface area contributed by atoms with E-state index < -0.39 is 0 Å². The van der Waals surface area contributed by atoms with Crippen molar-refractivity contribution in [2.24, 2.45) is 5.73 Å². The van der Waals surface area contributed by atoms with Gasteiger partial charge in [-0.15, -0.1) is 0 Å². The average molecular weight is 237 g/mol. The van der Waals surface area contributed by atoms with Crippen molar-refractivity contribution in [1.29, 1.82) is 0 Å². The van der Waals surface area contributed by atoms with Crippen molar-refractivity contribution >= 4 is 11.6 Å². The van der Waals surface area contributed by atoms with Crippen molar-refractivity contribution in [1.82, 2.24) is 5.16 Å². The van der Waals surface area contributed by atoms with Crippen LogP contribution in [0.5, 0.6) is 0 Å². The summed E-state index contributed by atoms with van der Waals surface area (Å²) in [6, 6.07) is 7.53. The molecule has 0 aliphatic rings. The predicted molar refractivity (Wildman–Crippen MR) is 64.4 cm³/mol. The first-order chi connectivity index (χ1) is 7.72. The first-order valence-electron chi connectivity index (χ1n) is 5.13. The molecular formula is C12H13ClN2O. The molecule has 2 N–H and O–H groups in total. The molecule has 0 saturated heterocycles. The summed E-state index contributed by atoms with van der Waals surface area (Å²) in [4.78, 5) is 0. The third-order valence-corrected chi connectivity index (χ3v) is 2.70. The molecule has 2 rings (SSSR count). The molecule has 0 unspecified atom stereocenters. The van der Waals surface area contributed by atoms with E-state index in [0.29, 0.717) is 11.6 Å². The lowest BCUT2D eigenvalue weighted by molar-refractivity contribution is 0.426. The van der Waals surface area contributed by atoms with Gasteiger partial charge in [0.1, 0.15) is 0 Å². The summed E-state index contributed by atoms with van der Waals surface area (Å²) in [6.07, 6.45) is 0.761. The Morgan fingerprint density at radius 3 is 2.94 bits per heavy atom. The van der Waals surface area contributed by atoms with E-state index in [4.69, 9.17) is 21.9 Å². The van der Waals surface area contributed by atoms with E-state index >= 15 is 0 Å². The molecule has 0 atom stereocenters. The van der Waals surface area contributed by atoms with E-state index in [1.54, 1.807) is 0 Å². The van der Waals surface area contributed by atoms with E-state index in [0.717, 1.165) is 29.0 Å². The third-order valence-electron chi connectivity index (χ3n) is 2.47. The van der Waals surface area contributed by atoms with Crippen LogP contribution in [0.15, 0.2) is 28.8 Å². The molecule has 84 valence electrons. The lowest BCUT2D eigenvalue weighted by atomic mass is 10.0. The number of benzene rings is 1. The highest BCUT2D eigenvalue weighted by Crippen LogP contribution is 2.28. The number of nitrogens with zero attached hydrogens (tertiary/aromatic N) is 1. The Kier molecular flexibility index (Phi) is 3.27. The van der Waals surface area contributed by atoms with Gasteiger partial charge in [-0.2, -0.15) is 0 Å². The molecule has 0 aliphatic heterocycles. The van der Waals surface area contributed by atoms with Gasteiger partial charge in [-0.05, 0) is 32.0 Å². The van der Waals surface area contributed by atoms with Crippen LogP contribution in [0.2, 0.25) is 5.02 Å². The first-order valence-corrected chi connectivity index (χ1v) is 5.51. The smallest absolute Gasteiger partial charge is 0.170 e. The summed E-state index contributed by atoms with van der Waals surface area (Å²) in [6.45, 7) is 2.50. The largest absolute Gasteiger partial charge is 0.356 e. The third kappa shape index (κ3) is 2.10. The van der Waals surface area contributed by atoms with Crippen LogP contribution in [0.4, 0.5) is 0 Å². The van der Waals surface area contributed by atoms with E-state index in [1.165, 1.54) is 0 Å². The predicted octanol–water partition coefficient (Wildman–Crippen LogP) is 2.80. The average Bonchev–Trinajstić information content (AvgIpc) is 2.61. The molecule has 0 fully saturated rings. The van der Waals surface area contributed by atoms with E-state index in [2.05, 4.69) is 5.16 Å². The highest BCUT2D eigenvalue weighted by Gasteiger charge is 2.14. The number of hydrogen-bond donors (Lipinski definition) is 1. The van der Waals surface area contributed by atoms with Crippen molar-refractivity contribution in [3.8, 4) is 11.3 Å². The molecule has 3 nitrogen and oxygen atoms in total. The Morgan fingerprint density at radius 1 is 1.44 bits per heavy atom. The van der Waals surface area contributed by atoms with Crippen LogP contribution in [0.25, 0.3) is 11.3 Å². The van der Waals surface area contributed by atoms with Gasteiger partial charge in [0.05, 0.1) is 5.69 Å². The maximum Gasteiger partial charge on any atom is 0.170 e. The van der Waals surface area contributed by atoms with Crippen LogP contribution in [0.3, 0.4) is 0 Å². The van der Waals surface area contributed by atoms with E-state index in [-0.39, 0.29) is 0 Å². The Bertz CT molecular complexity index is 494. The standard InChI is InChI=1S/C12H13ClN2O/c1-8-11(5-6-14)12(16-15-8)9-3-2-4-10(13)7-9/h2-4,7H,5-6,14H2,1H3. The van der Waals surface area contributed by atoms with Crippen LogP contribution >= 0.6 is 11.6 Å². The molecular weight excluding hydrogens is 224 g/mol. The number of rotatable bonds is 3. The molecule has 0 amide bonds. The summed E-state index contributed by atoms with van der Waals surface area (Å²) < 4.78 is 5.32. The summed E-state index contributed by atoms with van der Waals surface area (Å²) in [5.74, 6) is 0.769. The lowest BCUT2D eigenvalue weighted by Crippen LogP contribution is -2.03. The number of nitrogens with two attached hydrogens (primary N) is 1. The molecule has 4 heteroatoms. The molecule has 0 aliphatic carbocycles. The van der Waals surface area contributed by atoms with E-state index in [1.807, 2.05) is 31.2 Å². The molecule has 0 spiro atoms. The Balaban J connectivity index is 2.47. The summed E-state index contributed by atoms with van der Waals surface area (Å²) in [5, 5.41) is 4.65. The van der Waals surface area contributed by atoms with Gasteiger partial charge in [-0.25, -0.2) is 0 Å². The quantitative estimate of drug-likeness (QED) is 0.892. The van der Waals surface area contributed by atoms with Gasteiger partial charge >= 0.3 is 0 Å². The number of aryl methyl sites for hydroxylation is 1. The van der Waals surface area contributed by atoms with Crippen LogP contribution in [0.1, 0.15) is 11.3 Å². The normalized spacial score (nSPS) is 10.7. The van der Waals surface area contributed by atoms with Crippen LogP contribution < -0.4 is 5.73 Å². The second kappa shape index (κ2) is 4.68. The highest BCUT2D eigenvalue weighted by atomic mass is 35.5. The molecule has 1 heterocycles. The Labute approximate surface area is 99.2 Å². The molecule has 1 aromatic heterocycles. The number of halogens is 1. The fourth-order valence-corrected chi connectivity index (χ4v) is 1.87. The Morgan fingerprint density at radius 2 is 2.25 bits per heavy atom. The minimum Gasteiger partial charge on any atom is -0.356 e. The van der Waals surface area contributed by atoms with Crippen molar-refractivity contribution in [2.75, 3.05) is 6.54 Å². The maximum atomic E-state index is 5.94. The van der Waals surface area contributed by atoms with Crippen LogP contribution in [-0.4, -0.2) is 11.7 Å². The van der Waals surface area contributed by atoms with Crippen LogP contribution in [-0.2, 0) is 6.42 Å². The fraction of sp³-hybridized carbons (Fsp3) is 0.250.